The molecule has 0 aromatic heterocycles. The highest BCUT2D eigenvalue weighted by Crippen LogP contribution is 2.49. The van der Waals surface area contributed by atoms with Crippen LogP contribution in [0.4, 0.5) is 0 Å². The molecule has 6 nitrogen and oxygen atoms in total. The Morgan fingerprint density at radius 3 is 1.61 bits per heavy atom. The highest BCUT2D eigenvalue weighted by Gasteiger charge is 2.41. The predicted molar refractivity (Wildman–Crippen MR) is 175 cm³/mol. The minimum absolute atomic E-state index is 0.261. The lowest BCUT2D eigenvalue weighted by Crippen LogP contribution is -2.39. The summed E-state index contributed by atoms with van der Waals surface area (Å²) in [5.74, 6) is 3.20. The van der Waals surface area contributed by atoms with Crippen molar-refractivity contribution in [2.24, 2.45) is 40.9 Å². The van der Waals surface area contributed by atoms with Gasteiger partial charge in [0.15, 0.2) is 0 Å². The van der Waals surface area contributed by atoms with E-state index in [1.165, 1.54) is 83.1 Å². The molecule has 0 aliphatic heterocycles. The molecule has 4 aliphatic rings. The third kappa shape index (κ3) is 10.7. The standard InChI is InChI=1S/C38H62O6/c1-6-36(39)43-26-31-9-7-8-30(22-31)25-42-35-20-16-33(17-21-35)38(4,5)32-14-18-34(19-15-32)41-23-28-10-12-29(13-11-28)24-44-37(40)27(2)3/h6,28-35H,1-2,7-26H2,3-5H3. The molecule has 4 saturated carbocycles. The van der Waals surface area contributed by atoms with Crippen molar-refractivity contribution in [2.75, 3.05) is 26.4 Å². The quantitative estimate of drug-likeness (QED) is 0.144. The average molecular weight is 615 g/mol. The molecule has 0 saturated heterocycles. The summed E-state index contributed by atoms with van der Waals surface area (Å²) in [7, 11) is 0. The average Bonchev–Trinajstić information content (AvgIpc) is 3.05. The predicted octanol–water partition coefficient (Wildman–Crippen LogP) is 8.62. The maximum atomic E-state index is 11.7. The number of carbonyl (C=O) groups excluding carboxylic acids is 2. The molecule has 0 radical (unpaired) electrons. The zero-order valence-electron chi connectivity index (χ0n) is 28.2. The normalized spacial score (nSPS) is 33.2. The van der Waals surface area contributed by atoms with E-state index in [0.717, 1.165) is 50.7 Å². The van der Waals surface area contributed by atoms with Gasteiger partial charge in [-0.25, -0.2) is 9.59 Å². The SMILES string of the molecule is C=CC(=O)OCC1CCCC(COC2CCC(C(C)(C)C3CCC(OCC4CCC(COC(=O)C(=C)C)CC4)CC3)CC2)C1. The first-order chi connectivity index (χ1) is 21.1. The van der Waals surface area contributed by atoms with Crippen molar-refractivity contribution < 1.29 is 28.5 Å². The molecule has 2 unspecified atom stereocenters. The van der Waals surface area contributed by atoms with Crippen LogP contribution < -0.4 is 0 Å². The van der Waals surface area contributed by atoms with Gasteiger partial charge in [0.1, 0.15) is 0 Å². The van der Waals surface area contributed by atoms with Crippen molar-refractivity contribution in [3.8, 4) is 0 Å². The molecule has 0 spiro atoms. The first kappa shape index (κ1) is 35.2. The molecule has 0 aromatic carbocycles. The highest BCUT2D eigenvalue weighted by molar-refractivity contribution is 5.86. The van der Waals surface area contributed by atoms with E-state index in [0.29, 0.717) is 60.1 Å². The van der Waals surface area contributed by atoms with Crippen molar-refractivity contribution >= 4 is 11.9 Å². The summed E-state index contributed by atoms with van der Waals surface area (Å²) in [6, 6.07) is 0. The lowest BCUT2D eigenvalue weighted by molar-refractivity contribution is -0.141. The molecule has 4 rings (SSSR count). The third-order valence-electron chi connectivity index (χ3n) is 11.9. The fraction of sp³-hybridized carbons (Fsp3) is 0.842. The van der Waals surface area contributed by atoms with E-state index in [9.17, 15) is 9.59 Å². The van der Waals surface area contributed by atoms with Crippen molar-refractivity contribution in [1.82, 2.24) is 0 Å². The molecule has 44 heavy (non-hydrogen) atoms. The second-order valence-electron chi connectivity index (χ2n) is 15.4. The van der Waals surface area contributed by atoms with E-state index in [1.54, 1.807) is 6.92 Å². The Hall–Kier alpha value is -1.66. The van der Waals surface area contributed by atoms with Crippen LogP contribution in [0.5, 0.6) is 0 Å². The first-order valence-corrected chi connectivity index (χ1v) is 18.0. The van der Waals surface area contributed by atoms with Crippen LogP contribution in [0.1, 0.15) is 124 Å². The second kappa shape index (κ2) is 17.3. The molecule has 0 aromatic rings. The maximum absolute atomic E-state index is 11.7. The van der Waals surface area contributed by atoms with Crippen molar-refractivity contribution in [2.45, 2.75) is 136 Å². The number of rotatable bonds is 14. The third-order valence-corrected chi connectivity index (χ3v) is 11.9. The van der Waals surface area contributed by atoms with Gasteiger partial charge in [0.2, 0.25) is 0 Å². The van der Waals surface area contributed by atoms with Gasteiger partial charge in [-0.05, 0) is 144 Å². The lowest BCUT2D eigenvalue weighted by atomic mass is 9.60. The zero-order chi connectivity index (χ0) is 31.5. The van der Waals surface area contributed by atoms with Crippen LogP contribution in [0.3, 0.4) is 0 Å². The van der Waals surface area contributed by atoms with Gasteiger partial charge in [-0.3, -0.25) is 0 Å². The Bertz CT molecular complexity index is 918. The maximum Gasteiger partial charge on any atom is 0.333 e. The van der Waals surface area contributed by atoms with Crippen LogP contribution in [-0.2, 0) is 28.5 Å². The van der Waals surface area contributed by atoms with Crippen molar-refractivity contribution in [3.05, 3.63) is 24.8 Å². The van der Waals surface area contributed by atoms with Gasteiger partial charge in [0, 0.05) is 24.9 Å². The summed E-state index contributed by atoms with van der Waals surface area (Å²) < 4.78 is 23.7. The van der Waals surface area contributed by atoms with E-state index in [4.69, 9.17) is 18.9 Å². The highest BCUT2D eigenvalue weighted by atomic mass is 16.5. The minimum atomic E-state index is -0.309. The zero-order valence-corrected chi connectivity index (χ0v) is 28.2. The number of ether oxygens (including phenoxy) is 4. The summed E-state index contributed by atoms with van der Waals surface area (Å²) in [5, 5.41) is 0. The Morgan fingerprint density at radius 2 is 1.11 bits per heavy atom. The molecule has 4 fully saturated rings. The number of carbonyl (C=O) groups is 2. The molecule has 250 valence electrons. The van der Waals surface area contributed by atoms with Gasteiger partial charge in [-0.1, -0.05) is 33.4 Å². The lowest BCUT2D eigenvalue weighted by Gasteiger charge is -2.47. The van der Waals surface area contributed by atoms with Crippen LogP contribution in [0.25, 0.3) is 0 Å². The van der Waals surface area contributed by atoms with Gasteiger partial charge in [0.05, 0.1) is 25.4 Å². The second-order valence-corrected chi connectivity index (χ2v) is 15.4. The largest absolute Gasteiger partial charge is 0.462 e. The Kier molecular flexibility index (Phi) is 13.8. The van der Waals surface area contributed by atoms with Crippen LogP contribution in [0, 0.1) is 40.9 Å². The van der Waals surface area contributed by atoms with Crippen LogP contribution in [0.2, 0.25) is 0 Å². The smallest absolute Gasteiger partial charge is 0.333 e. The molecular weight excluding hydrogens is 552 g/mol. The molecule has 0 amide bonds. The molecule has 0 N–H and O–H groups in total. The molecule has 0 bridgehead atoms. The molecule has 4 aliphatic carbocycles. The topological polar surface area (TPSA) is 71.1 Å². The minimum Gasteiger partial charge on any atom is -0.462 e. The van der Waals surface area contributed by atoms with Crippen LogP contribution >= 0.6 is 0 Å². The monoisotopic (exact) mass is 614 g/mol. The van der Waals surface area contributed by atoms with E-state index < -0.39 is 0 Å². The fourth-order valence-corrected chi connectivity index (χ4v) is 8.67. The van der Waals surface area contributed by atoms with Gasteiger partial charge in [0.25, 0.3) is 0 Å². The molecule has 6 heteroatoms. The number of hydrogen-bond acceptors (Lipinski definition) is 6. The van der Waals surface area contributed by atoms with Crippen molar-refractivity contribution in [1.29, 1.82) is 0 Å². The van der Waals surface area contributed by atoms with Gasteiger partial charge in [-0.15, -0.1) is 0 Å². The summed E-state index contributed by atoms with van der Waals surface area (Å²) in [6.07, 6.45) is 21.3. The van der Waals surface area contributed by atoms with Crippen LogP contribution in [-0.4, -0.2) is 50.6 Å². The summed E-state index contributed by atoms with van der Waals surface area (Å²) in [6.45, 7) is 16.8. The summed E-state index contributed by atoms with van der Waals surface area (Å²) in [5.41, 5.74) is 0.858. The van der Waals surface area contributed by atoms with Gasteiger partial charge >= 0.3 is 11.9 Å². The Morgan fingerprint density at radius 1 is 0.659 bits per heavy atom. The van der Waals surface area contributed by atoms with Gasteiger partial charge in [-0.2, -0.15) is 0 Å². The van der Waals surface area contributed by atoms with E-state index >= 15 is 0 Å². The van der Waals surface area contributed by atoms with Crippen molar-refractivity contribution in [3.63, 3.8) is 0 Å². The first-order valence-electron chi connectivity index (χ1n) is 18.0. The number of esters is 2. The summed E-state index contributed by atoms with van der Waals surface area (Å²) in [4.78, 5) is 23.1. The molecule has 2 atom stereocenters. The van der Waals surface area contributed by atoms with Gasteiger partial charge < -0.3 is 18.9 Å². The van der Waals surface area contributed by atoms with E-state index in [-0.39, 0.29) is 11.9 Å². The Labute approximate surface area is 268 Å². The van der Waals surface area contributed by atoms with E-state index in [1.807, 2.05) is 0 Å². The fourth-order valence-electron chi connectivity index (χ4n) is 8.67. The number of hydrogen-bond donors (Lipinski definition) is 0. The van der Waals surface area contributed by atoms with E-state index in [2.05, 4.69) is 27.0 Å². The summed E-state index contributed by atoms with van der Waals surface area (Å²) >= 11 is 0. The molecular formula is C38H62O6. The molecule has 0 heterocycles. The Balaban J connectivity index is 1.08. The van der Waals surface area contributed by atoms with Crippen LogP contribution in [0.15, 0.2) is 24.8 Å².